The van der Waals surface area contributed by atoms with E-state index in [0.717, 1.165) is 10.0 Å². The summed E-state index contributed by atoms with van der Waals surface area (Å²) in [4.78, 5) is 0. The summed E-state index contributed by atoms with van der Waals surface area (Å²) in [6.07, 6.45) is 0. The molecule has 0 radical (unpaired) electrons. The lowest BCUT2D eigenvalue weighted by Crippen LogP contribution is -2.30. The van der Waals surface area contributed by atoms with Gasteiger partial charge in [-0.15, -0.1) is 0 Å². The number of nitrogens with two attached hydrogens (primary N) is 1. The highest BCUT2D eigenvalue weighted by Crippen LogP contribution is 2.46. The Morgan fingerprint density at radius 3 is 1.94 bits per heavy atom. The van der Waals surface area contributed by atoms with Crippen LogP contribution in [-0.2, 0) is 5.54 Å². The first-order valence-corrected chi connectivity index (χ1v) is 5.94. The first-order valence-electron chi connectivity index (χ1n) is 5.14. The highest BCUT2D eigenvalue weighted by molar-refractivity contribution is 9.10. The normalized spacial score (nSPS) is 11.2. The summed E-state index contributed by atoms with van der Waals surface area (Å²) in [5.41, 5.74) is 6.44. The predicted octanol–water partition coefficient (Wildman–Crippen LogP) is 2.67. The zero-order chi connectivity index (χ0) is 13.2. The van der Waals surface area contributed by atoms with Crippen molar-refractivity contribution >= 4 is 15.9 Å². The first-order chi connectivity index (χ1) is 7.86. The van der Waals surface area contributed by atoms with Gasteiger partial charge in [-0.25, -0.2) is 0 Å². The minimum Gasteiger partial charge on any atom is -0.493 e. The van der Waals surface area contributed by atoms with Crippen LogP contribution in [0.4, 0.5) is 0 Å². The Hall–Kier alpha value is -0.940. The maximum atomic E-state index is 6.14. The third-order valence-corrected chi connectivity index (χ3v) is 3.05. The highest BCUT2D eigenvalue weighted by Gasteiger charge is 2.28. The molecule has 0 aliphatic heterocycles. The van der Waals surface area contributed by atoms with Crippen LogP contribution < -0.4 is 19.9 Å². The van der Waals surface area contributed by atoms with Crippen molar-refractivity contribution in [1.29, 1.82) is 0 Å². The van der Waals surface area contributed by atoms with E-state index in [-0.39, 0.29) is 0 Å². The molecule has 0 aromatic heterocycles. The van der Waals surface area contributed by atoms with Gasteiger partial charge in [0.05, 0.1) is 21.3 Å². The number of rotatable bonds is 4. The minimum absolute atomic E-state index is 0.548. The van der Waals surface area contributed by atoms with Crippen LogP contribution in [0, 0.1) is 0 Å². The molecule has 1 aromatic carbocycles. The fourth-order valence-corrected chi connectivity index (χ4v) is 2.63. The molecule has 4 nitrogen and oxygen atoms in total. The number of benzene rings is 1. The van der Waals surface area contributed by atoms with Gasteiger partial charge in [0.1, 0.15) is 0 Å². The Balaban J connectivity index is 3.61. The molecule has 0 aliphatic carbocycles. The molecule has 1 rings (SSSR count). The number of halogens is 1. The molecule has 0 aliphatic rings. The zero-order valence-electron chi connectivity index (χ0n) is 10.8. The fraction of sp³-hybridized carbons (Fsp3) is 0.500. The lowest BCUT2D eigenvalue weighted by Gasteiger charge is -2.26. The fourth-order valence-electron chi connectivity index (χ4n) is 1.73. The van der Waals surface area contributed by atoms with Crippen LogP contribution in [-0.4, -0.2) is 21.3 Å². The molecule has 5 heteroatoms. The number of hydrogen-bond acceptors (Lipinski definition) is 4. The summed E-state index contributed by atoms with van der Waals surface area (Å²) < 4.78 is 16.8. The van der Waals surface area contributed by atoms with Crippen molar-refractivity contribution in [2.24, 2.45) is 5.73 Å². The van der Waals surface area contributed by atoms with Crippen LogP contribution in [0.25, 0.3) is 0 Å². The molecule has 0 unspecified atom stereocenters. The smallest absolute Gasteiger partial charge is 0.203 e. The van der Waals surface area contributed by atoms with Crippen LogP contribution >= 0.6 is 15.9 Å². The third kappa shape index (κ3) is 2.66. The van der Waals surface area contributed by atoms with Gasteiger partial charge in [-0.1, -0.05) is 15.9 Å². The maximum absolute atomic E-state index is 6.14. The molecule has 0 heterocycles. The topological polar surface area (TPSA) is 53.7 Å². The molecule has 0 saturated heterocycles. The second kappa shape index (κ2) is 5.14. The SMILES string of the molecule is COc1cc(Br)c(C(C)(C)N)c(OC)c1OC. The van der Waals surface area contributed by atoms with Crippen LogP contribution in [0.2, 0.25) is 0 Å². The molecule has 0 spiro atoms. The van der Waals surface area contributed by atoms with Crippen molar-refractivity contribution in [2.75, 3.05) is 21.3 Å². The summed E-state index contributed by atoms with van der Waals surface area (Å²) in [6, 6.07) is 1.82. The second-order valence-electron chi connectivity index (χ2n) is 4.22. The number of ether oxygens (including phenoxy) is 3. The molecule has 0 fully saturated rings. The molecule has 17 heavy (non-hydrogen) atoms. The van der Waals surface area contributed by atoms with Gasteiger partial charge in [0.2, 0.25) is 5.75 Å². The van der Waals surface area contributed by atoms with E-state index in [1.165, 1.54) is 0 Å². The lowest BCUT2D eigenvalue weighted by atomic mass is 9.94. The number of methoxy groups -OCH3 is 3. The van der Waals surface area contributed by atoms with Gasteiger partial charge in [-0.2, -0.15) is 0 Å². The van der Waals surface area contributed by atoms with Gasteiger partial charge >= 0.3 is 0 Å². The molecule has 0 saturated carbocycles. The zero-order valence-corrected chi connectivity index (χ0v) is 12.3. The predicted molar refractivity (Wildman–Crippen MR) is 71.0 cm³/mol. The average Bonchev–Trinajstić information content (AvgIpc) is 2.25. The van der Waals surface area contributed by atoms with Crippen molar-refractivity contribution in [3.63, 3.8) is 0 Å². The molecular formula is C12H18BrNO3. The van der Waals surface area contributed by atoms with E-state index < -0.39 is 5.54 Å². The summed E-state index contributed by atoms with van der Waals surface area (Å²) in [6.45, 7) is 3.81. The van der Waals surface area contributed by atoms with Crippen molar-refractivity contribution < 1.29 is 14.2 Å². The van der Waals surface area contributed by atoms with E-state index in [0.29, 0.717) is 17.2 Å². The summed E-state index contributed by atoms with van der Waals surface area (Å²) >= 11 is 3.48. The van der Waals surface area contributed by atoms with Gasteiger partial charge in [0.15, 0.2) is 11.5 Å². The van der Waals surface area contributed by atoms with E-state index in [2.05, 4.69) is 15.9 Å². The van der Waals surface area contributed by atoms with Gasteiger partial charge in [0.25, 0.3) is 0 Å². The monoisotopic (exact) mass is 303 g/mol. The molecule has 2 N–H and O–H groups in total. The van der Waals surface area contributed by atoms with Crippen molar-refractivity contribution in [3.05, 3.63) is 16.1 Å². The standard InChI is InChI=1S/C12H18BrNO3/c1-12(2,14)9-7(13)6-8(15-3)10(16-4)11(9)17-5/h6H,14H2,1-5H3. The van der Waals surface area contributed by atoms with Gasteiger partial charge in [-0.3, -0.25) is 0 Å². The Kier molecular flexibility index (Phi) is 4.27. The van der Waals surface area contributed by atoms with E-state index >= 15 is 0 Å². The van der Waals surface area contributed by atoms with Crippen molar-refractivity contribution in [3.8, 4) is 17.2 Å². The summed E-state index contributed by atoms with van der Waals surface area (Å²) in [5.74, 6) is 1.74. The van der Waals surface area contributed by atoms with E-state index in [1.807, 2.05) is 19.9 Å². The molecular weight excluding hydrogens is 286 g/mol. The van der Waals surface area contributed by atoms with E-state index in [4.69, 9.17) is 19.9 Å². The van der Waals surface area contributed by atoms with Crippen LogP contribution in [0.5, 0.6) is 17.2 Å². The third-order valence-electron chi connectivity index (χ3n) is 2.43. The average molecular weight is 304 g/mol. The van der Waals surface area contributed by atoms with Crippen LogP contribution in [0.15, 0.2) is 10.5 Å². The van der Waals surface area contributed by atoms with Crippen molar-refractivity contribution in [2.45, 2.75) is 19.4 Å². The molecule has 0 amide bonds. The molecule has 1 aromatic rings. The van der Waals surface area contributed by atoms with Crippen molar-refractivity contribution in [1.82, 2.24) is 0 Å². The molecule has 0 atom stereocenters. The number of hydrogen-bond donors (Lipinski definition) is 1. The summed E-state index contributed by atoms with van der Waals surface area (Å²) in [7, 11) is 4.73. The highest BCUT2D eigenvalue weighted by atomic mass is 79.9. The quantitative estimate of drug-likeness (QED) is 0.929. The lowest BCUT2D eigenvalue weighted by molar-refractivity contribution is 0.316. The van der Waals surface area contributed by atoms with Gasteiger partial charge < -0.3 is 19.9 Å². The second-order valence-corrected chi connectivity index (χ2v) is 5.08. The Morgan fingerprint density at radius 1 is 1.06 bits per heavy atom. The van der Waals surface area contributed by atoms with Gasteiger partial charge in [-0.05, 0) is 19.9 Å². The largest absolute Gasteiger partial charge is 0.493 e. The van der Waals surface area contributed by atoms with E-state index in [1.54, 1.807) is 21.3 Å². The first kappa shape index (κ1) is 14.1. The molecule has 96 valence electrons. The molecule has 0 bridgehead atoms. The van der Waals surface area contributed by atoms with Gasteiger partial charge in [0, 0.05) is 15.6 Å². The Bertz CT molecular complexity index is 413. The summed E-state index contributed by atoms with van der Waals surface area (Å²) in [5, 5.41) is 0. The Morgan fingerprint density at radius 2 is 1.59 bits per heavy atom. The minimum atomic E-state index is -0.552. The van der Waals surface area contributed by atoms with E-state index in [9.17, 15) is 0 Å². The van der Waals surface area contributed by atoms with Crippen LogP contribution in [0.3, 0.4) is 0 Å². The maximum Gasteiger partial charge on any atom is 0.203 e. The van der Waals surface area contributed by atoms with Crippen LogP contribution in [0.1, 0.15) is 19.4 Å². The Labute approximate surface area is 110 Å².